The number of nitriles is 1. The van der Waals surface area contributed by atoms with Crippen LogP contribution in [0.1, 0.15) is 37.1 Å². The number of likely N-dealkylation sites (N-methyl/N-ethyl adjacent to an activating group) is 1. The van der Waals surface area contributed by atoms with Gasteiger partial charge in [0.2, 0.25) is 0 Å². The molecule has 2 rings (SSSR count). The Bertz CT molecular complexity index is 805. The number of carbonyl (C=O) groups excluding carboxylic acids is 1. The van der Waals surface area contributed by atoms with Gasteiger partial charge >= 0.3 is 0 Å². The van der Waals surface area contributed by atoms with Gasteiger partial charge in [-0.1, -0.05) is 30.6 Å². The standard InChI is InChI=1S/C21H26N4O3/c1-4-5-20(16-6-8-19(9-7-16)27-13-11-25(2)3)23-21(26)17(15-22)14-18-10-12-28-24-18/h6-10,12,14,20H,4-5,11,13H2,1-3H3,(H,23,26)/b17-14+. The van der Waals surface area contributed by atoms with Crippen molar-refractivity contribution in [3.8, 4) is 11.8 Å². The first kappa shape index (κ1) is 21.2. The Labute approximate surface area is 165 Å². The summed E-state index contributed by atoms with van der Waals surface area (Å²) >= 11 is 0. The molecule has 1 aromatic carbocycles. The number of rotatable bonds is 10. The minimum atomic E-state index is -0.435. The molecule has 1 amide bonds. The van der Waals surface area contributed by atoms with E-state index in [1.54, 1.807) is 6.07 Å². The van der Waals surface area contributed by atoms with Gasteiger partial charge in [0.1, 0.15) is 36.0 Å². The Balaban J connectivity index is 2.05. The second kappa shape index (κ2) is 10.9. The van der Waals surface area contributed by atoms with Crippen LogP contribution >= 0.6 is 0 Å². The predicted molar refractivity (Wildman–Crippen MR) is 106 cm³/mol. The molecule has 0 spiro atoms. The monoisotopic (exact) mass is 382 g/mol. The zero-order chi connectivity index (χ0) is 20.4. The van der Waals surface area contributed by atoms with Crippen molar-refractivity contribution in [2.75, 3.05) is 27.2 Å². The van der Waals surface area contributed by atoms with E-state index in [2.05, 4.69) is 15.4 Å². The molecule has 1 unspecified atom stereocenters. The fourth-order valence-corrected chi connectivity index (χ4v) is 2.58. The quantitative estimate of drug-likeness (QED) is 0.501. The summed E-state index contributed by atoms with van der Waals surface area (Å²) in [7, 11) is 3.99. The highest BCUT2D eigenvalue weighted by atomic mass is 16.5. The smallest absolute Gasteiger partial charge is 0.262 e. The Kier molecular flexibility index (Phi) is 8.25. The van der Waals surface area contributed by atoms with Crippen LogP contribution in [0, 0.1) is 11.3 Å². The molecule has 0 saturated carbocycles. The van der Waals surface area contributed by atoms with Gasteiger partial charge < -0.3 is 19.5 Å². The molecule has 148 valence electrons. The summed E-state index contributed by atoms with van der Waals surface area (Å²) in [6, 6.07) is 11.0. The molecular formula is C21H26N4O3. The lowest BCUT2D eigenvalue weighted by molar-refractivity contribution is -0.117. The lowest BCUT2D eigenvalue weighted by atomic mass is 10.0. The van der Waals surface area contributed by atoms with Gasteiger partial charge in [0.25, 0.3) is 5.91 Å². The van der Waals surface area contributed by atoms with Crippen molar-refractivity contribution < 1.29 is 14.1 Å². The molecule has 2 aromatic rings. The Morgan fingerprint density at radius 3 is 2.68 bits per heavy atom. The van der Waals surface area contributed by atoms with Crippen LogP contribution in [-0.2, 0) is 4.79 Å². The normalized spacial score (nSPS) is 12.5. The van der Waals surface area contributed by atoms with Crippen LogP contribution in [-0.4, -0.2) is 43.2 Å². The Hall–Kier alpha value is -3.11. The maximum absolute atomic E-state index is 12.5. The summed E-state index contributed by atoms with van der Waals surface area (Å²) < 4.78 is 10.4. The maximum atomic E-state index is 12.5. The number of nitrogens with one attached hydrogen (secondary N) is 1. The second-order valence-corrected chi connectivity index (χ2v) is 6.63. The Morgan fingerprint density at radius 2 is 2.11 bits per heavy atom. The minimum Gasteiger partial charge on any atom is -0.492 e. The maximum Gasteiger partial charge on any atom is 0.262 e. The summed E-state index contributed by atoms with van der Waals surface area (Å²) in [6.07, 6.45) is 4.44. The van der Waals surface area contributed by atoms with Gasteiger partial charge in [0, 0.05) is 12.6 Å². The number of amides is 1. The van der Waals surface area contributed by atoms with E-state index in [1.807, 2.05) is 51.4 Å². The number of benzene rings is 1. The fourth-order valence-electron chi connectivity index (χ4n) is 2.58. The first-order valence-corrected chi connectivity index (χ1v) is 9.24. The van der Waals surface area contributed by atoms with Crippen molar-refractivity contribution >= 4 is 12.0 Å². The zero-order valence-electron chi connectivity index (χ0n) is 16.5. The summed E-state index contributed by atoms with van der Waals surface area (Å²) in [5, 5.41) is 16.0. The van der Waals surface area contributed by atoms with E-state index in [-0.39, 0.29) is 11.6 Å². The van der Waals surface area contributed by atoms with Crippen LogP contribution in [0.2, 0.25) is 0 Å². The number of nitrogens with zero attached hydrogens (tertiary/aromatic N) is 3. The molecule has 1 atom stereocenters. The van der Waals surface area contributed by atoms with Gasteiger partial charge in [-0.3, -0.25) is 4.79 Å². The van der Waals surface area contributed by atoms with Crippen molar-refractivity contribution in [3.63, 3.8) is 0 Å². The molecule has 0 radical (unpaired) electrons. The first-order valence-electron chi connectivity index (χ1n) is 9.24. The molecule has 0 aliphatic carbocycles. The van der Waals surface area contributed by atoms with Crippen LogP contribution in [0.15, 0.2) is 46.7 Å². The lowest BCUT2D eigenvalue weighted by Gasteiger charge is -2.19. The molecule has 0 fully saturated rings. The highest BCUT2D eigenvalue weighted by molar-refractivity contribution is 6.01. The van der Waals surface area contributed by atoms with Crippen molar-refractivity contribution in [3.05, 3.63) is 53.4 Å². The van der Waals surface area contributed by atoms with Gasteiger partial charge in [-0.25, -0.2) is 0 Å². The average Bonchev–Trinajstić information content (AvgIpc) is 3.19. The van der Waals surface area contributed by atoms with Crippen molar-refractivity contribution in [1.29, 1.82) is 5.26 Å². The van der Waals surface area contributed by atoms with Crippen LogP contribution in [0.25, 0.3) is 6.08 Å². The van der Waals surface area contributed by atoms with Crippen molar-refractivity contribution in [2.24, 2.45) is 0 Å². The molecular weight excluding hydrogens is 356 g/mol. The molecule has 1 N–H and O–H groups in total. The zero-order valence-corrected chi connectivity index (χ0v) is 16.5. The molecule has 1 heterocycles. The first-order chi connectivity index (χ1) is 13.5. The highest BCUT2D eigenvalue weighted by Gasteiger charge is 2.17. The van der Waals surface area contributed by atoms with E-state index >= 15 is 0 Å². The van der Waals surface area contributed by atoms with Gasteiger partial charge in [-0.15, -0.1) is 0 Å². The summed E-state index contributed by atoms with van der Waals surface area (Å²) in [5.74, 6) is 0.353. The van der Waals surface area contributed by atoms with Crippen molar-refractivity contribution in [2.45, 2.75) is 25.8 Å². The van der Waals surface area contributed by atoms with Crippen molar-refractivity contribution in [1.82, 2.24) is 15.4 Å². The number of carbonyl (C=O) groups is 1. The summed E-state index contributed by atoms with van der Waals surface area (Å²) in [4.78, 5) is 14.6. The molecule has 0 bridgehead atoms. The third-order valence-electron chi connectivity index (χ3n) is 4.09. The highest BCUT2D eigenvalue weighted by Crippen LogP contribution is 2.22. The number of hydrogen-bond donors (Lipinski definition) is 1. The number of aromatic nitrogens is 1. The SMILES string of the molecule is CCCC(NC(=O)/C(C#N)=C/c1ccon1)c1ccc(OCCN(C)C)cc1. The number of ether oxygens (including phenoxy) is 1. The van der Waals surface area contributed by atoms with E-state index < -0.39 is 5.91 Å². The second-order valence-electron chi connectivity index (χ2n) is 6.63. The largest absolute Gasteiger partial charge is 0.492 e. The summed E-state index contributed by atoms with van der Waals surface area (Å²) in [6.45, 7) is 3.50. The van der Waals surface area contributed by atoms with E-state index in [0.717, 1.165) is 30.7 Å². The topological polar surface area (TPSA) is 91.4 Å². The van der Waals surface area contributed by atoms with Gasteiger partial charge in [0.15, 0.2) is 0 Å². The third-order valence-corrected chi connectivity index (χ3v) is 4.09. The average molecular weight is 382 g/mol. The van der Waals surface area contributed by atoms with Crippen LogP contribution in [0.4, 0.5) is 0 Å². The van der Waals surface area contributed by atoms with Crippen LogP contribution < -0.4 is 10.1 Å². The van der Waals surface area contributed by atoms with E-state index in [0.29, 0.717) is 12.3 Å². The molecule has 1 aromatic heterocycles. The van der Waals surface area contributed by atoms with Gasteiger partial charge in [0.05, 0.1) is 6.04 Å². The minimum absolute atomic E-state index is 0.0151. The third kappa shape index (κ3) is 6.56. The summed E-state index contributed by atoms with van der Waals surface area (Å²) in [5.41, 5.74) is 1.38. The van der Waals surface area contributed by atoms with E-state index in [1.165, 1.54) is 12.3 Å². The van der Waals surface area contributed by atoms with E-state index in [9.17, 15) is 10.1 Å². The van der Waals surface area contributed by atoms with Crippen LogP contribution in [0.5, 0.6) is 5.75 Å². The molecule has 0 saturated heterocycles. The molecule has 7 nitrogen and oxygen atoms in total. The predicted octanol–water partition coefficient (Wildman–Crippen LogP) is 3.18. The molecule has 28 heavy (non-hydrogen) atoms. The van der Waals surface area contributed by atoms with E-state index in [4.69, 9.17) is 9.26 Å². The lowest BCUT2D eigenvalue weighted by Crippen LogP contribution is -2.29. The fraction of sp³-hybridized carbons (Fsp3) is 0.381. The molecule has 0 aliphatic heterocycles. The molecule has 7 heteroatoms. The molecule has 0 aliphatic rings. The van der Waals surface area contributed by atoms with Gasteiger partial charge in [-0.2, -0.15) is 5.26 Å². The van der Waals surface area contributed by atoms with Crippen LogP contribution in [0.3, 0.4) is 0 Å². The number of hydrogen-bond acceptors (Lipinski definition) is 6. The Morgan fingerprint density at radius 1 is 1.36 bits per heavy atom. The van der Waals surface area contributed by atoms with Gasteiger partial charge in [-0.05, 0) is 44.3 Å².